The van der Waals surface area contributed by atoms with Gasteiger partial charge in [-0.3, -0.25) is 29.5 Å². The molecule has 1 N–H and O–H groups in total. The highest BCUT2D eigenvalue weighted by Gasteiger charge is 2.40. The fourth-order valence-electron chi connectivity index (χ4n) is 5.88. The molecule has 2 saturated heterocycles. The molecule has 0 aliphatic carbocycles. The molecule has 0 bridgehead atoms. The second-order valence-corrected chi connectivity index (χ2v) is 11.8. The Kier molecular flexibility index (Phi) is 7.52. The Morgan fingerprint density at radius 2 is 1.63 bits per heavy atom. The van der Waals surface area contributed by atoms with Gasteiger partial charge in [0.2, 0.25) is 11.8 Å². The van der Waals surface area contributed by atoms with Crippen LogP contribution in [0.1, 0.15) is 39.9 Å². The van der Waals surface area contributed by atoms with Gasteiger partial charge in [0.1, 0.15) is 11.8 Å². The maximum atomic E-state index is 13.4. The number of benzene rings is 3. The quantitative estimate of drug-likeness (QED) is 0.326. The van der Waals surface area contributed by atoms with Gasteiger partial charge in [-0.25, -0.2) is 4.31 Å². The molecule has 0 spiro atoms. The molecular weight excluding hydrogens is 553 g/mol. The normalized spacial score (nSPS) is 20.2. The van der Waals surface area contributed by atoms with Crippen molar-refractivity contribution in [2.75, 3.05) is 36.8 Å². The molecule has 2 fully saturated rings. The summed E-state index contributed by atoms with van der Waals surface area (Å²) in [6, 6.07) is 17.2. The van der Waals surface area contributed by atoms with Crippen LogP contribution >= 0.6 is 11.9 Å². The number of halogens is 3. The number of piperazine rings is 1. The number of hydrogen-bond acceptors (Lipinski definition) is 6. The van der Waals surface area contributed by atoms with Crippen LogP contribution in [-0.4, -0.2) is 71.1 Å². The van der Waals surface area contributed by atoms with E-state index in [-0.39, 0.29) is 18.2 Å². The van der Waals surface area contributed by atoms with E-state index >= 15 is 0 Å². The van der Waals surface area contributed by atoms with E-state index in [2.05, 4.69) is 34.5 Å². The van der Waals surface area contributed by atoms with Gasteiger partial charge < -0.3 is 0 Å². The minimum Gasteiger partial charge on any atom is -0.296 e. The van der Waals surface area contributed by atoms with E-state index in [9.17, 15) is 27.6 Å². The van der Waals surface area contributed by atoms with Gasteiger partial charge in [0.05, 0.1) is 5.69 Å². The van der Waals surface area contributed by atoms with Crippen LogP contribution in [0.5, 0.6) is 0 Å². The smallest absolute Gasteiger partial charge is 0.296 e. The van der Waals surface area contributed by atoms with E-state index in [1.165, 1.54) is 4.90 Å². The largest absolute Gasteiger partial charge is 0.399 e. The molecule has 1 unspecified atom stereocenters. The third kappa shape index (κ3) is 5.84. The summed E-state index contributed by atoms with van der Waals surface area (Å²) in [4.78, 5) is 41.4. The van der Waals surface area contributed by atoms with Gasteiger partial charge in [-0.05, 0) is 47.1 Å². The summed E-state index contributed by atoms with van der Waals surface area (Å²) < 4.78 is 39.3. The molecule has 3 amide bonds. The zero-order chi connectivity index (χ0) is 28.7. The average molecular weight is 583 g/mol. The molecule has 3 aliphatic rings. The second-order valence-electron chi connectivity index (χ2n) is 10.7. The van der Waals surface area contributed by atoms with Crippen LogP contribution in [0.25, 0.3) is 10.8 Å². The molecule has 3 aromatic rings. The lowest BCUT2D eigenvalue weighted by atomic mass is 9.95. The highest BCUT2D eigenvalue weighted by molar-refractivity contribution is 7.97. The van der Waals surface area contributed by atoms with Gasteiger partial charge in [-0.1, -0.05) is 54.4 Å². The Morgan fingerprint density at radius 3 is 2.34 bits per heavy atom. The van der Waals surface area contributed by atoms with Crippen molar-refractivity contribution in [3.05, 3.63) is 76.9 Å². The van der Waals surface area contributed by atoms with Crippen molar-refractivity contribution in [1.29, 1.82) is 0 Å². The van der Waals surface area contributed by atoms with Crippen LogP contribution in [0, 0.1) is 0 Å². The number of anilines is 1. The highest BCUT2D eigenvalue weighted by Crippen LogP contribution is 2.41. The highest BCUT2D eigenvalue weighted by atomic mass is 32.2. The van der Waals surface area contributed by atoms with Crippen molar-refractivity contribution >= 4 is 46.1 Å². The Balaban J connectivity index is 1.13. The van der Waals surface area contributed by atoms with Gasteiger partial charge in [-0.15, -0.1) is 0 Å². The molecule has 11 heteroatoms. The summed E-state index contributed by atoms with van der Waals surface area (Å²) in [5.74, 6) is -1.82. The predicted molar refractivity (Wildman–Crippen MR) is 152 cm³/mol. The zero-order valence-corrected chi connectivity index (χ0v) is 23.1. The second kappa shape index (κ2) is 11.1. The maximum Gasteiger partial charge on any atom is 0.399 e. The summed E-state index contributed by atoms with van der Waals surface area (Å²) in [6.45, 7) is 3.40. The molecular formula is C30H29F3N4O3S. The van der Waals surface area contributed by atoms with Crippen LogP contribution < -0.4 is 10.2 Å². The Hall–Kier alpha value is -3.41. The van der Waals surface area contributed by atoms with Crippen molar-refractivity contribution in [1.82, 2.24) is 14.5 Å². The summed E-state index contributed by atoms with van der Waals surface area (Å²) in [7, 11) is 0. The van der Waals surface area contributed by atoms with Crippen molar-refractivity contribution in [2.45, 2.75) is 38.0 Å². The first-order valence-electron chi connectivity index (χ1n) is 13.6. The van der Waals surface area contributed by atoms with Crippen LogP contribution in [0.2, 0.25) is 0 Å². The van der Waals surface area contributed by atoms with E-state index in [0.29, 0.717) is 37.2 Å². The minimum absolute atomic E-state index is 0.199. The summed E-state index contributed by atoms with van der Waals surface area (Å²) in [6.07, 6.45) is -2.98. The van der Waals surface area contributed by atoms with E-state index in [1.54, 1.807) is 10.4 Å². The average Bonchev–Trinajstić information content (AvgIpc) is 3.23. The Bertz CT molecular complexity index is 1500. The molecule has 0 saturated carbocycles. The third-order valence-corrected chi connectivity index (χ3v) is 9.09. The predicted octanol–water partition coefficient (Wildman–Crippen LogP) is 4.52. The lowest BCUT2D eigenvalue weighted by molar-refractivity contribution is -0.134. The zero-order valence-electron chi connectivity index (χ0n) is 22.2. The summed E-state index contributed by atoms with van der Waals surface area (Å²) in [5, 5.41) is 4.16. The van der Waals surface area contributed by atoms with Crippen molar-refractivity contribution in [3.63, 3.8) is 0 Å². The van der Waals surface area contributed by atoms with Crippen LogP contribution in [0.15, 0.2) is 54.6 Å². The fourth-order valence-corrected chi connectivity index (χ4v) is 6.63. The SMILES string of the molecule is O=C1CCC(N2C(=O)c3cccc4c(Cc5ccc(CN6CCN(SCC(F)(F)F)CC6)cc5)ccc2c34)C(=O)N1. The van der Waals surface area contributed by atoms with Crippen molar-refractivity contribution in [2.24, 2.45) is 0 Å². The van der Waals surface area contributed by atoms with E-state index in [0.717, 1.165) is 59.0 Å². The number of imide groups is 1. The number of carbonyl (C=O) groups is 3. The van der Waals surface area contributed by atoms with Gasteiger partial charge in [-0.2, -0.15) is 13.2 Å². The first kappa shape index (κ1) is 27.7. The van der Waals surface area contributed by atoms with Gasteiger partial charge in [0, 0.05) is 50.1 Å². The molecule has 1 atom stereocenters. The number of amides is 3. The van der Waals surface area contributed by atoms with Crippen LogP contribution in [0.4, 0.5) is 18.9 Å². The molecule has 3 aliphatic heterocycles. The van der Waals surface area contributed by atoms with Crippen molar-refractivity contribution < 1.29 is 27.6 Å². The first-order chi connectivity index (χ1) is 19.7. The van der Waals surface area contributed by atoms with E-state index in [1.807, 2.05) is 24.3 Å². The van der Waals surface area contributed by atoms with Gasteiger partial charge in [0.15, 0.2) is 0 Å². The van der Waals surface area contributed by atoms with Crippen LogP contribution in [-0.2, 0) is 22.6 Å². The number of alkyl halides is 3. The molecule has 0 radical (unpaired) electrons. The molecule has 3 heterocycles. The molecule has 6 rings (SSSR count). The lowest BCUT2D eigenvalue weighted by Crippen LogP contribution is -2.53. The molecule has 0 aromatic heterocycles. The summed E-state index contributed by atoms with van der Waals surface area (Å²) in [5.41, 5.74) is 4.61. The minimum atomic E-state index is -4.15. The fraction of sp³-hybridized carbons (Fsp3) is 0.367. The van der Waals surface area contributed by atoms with Crippen molar-refractivity contribution in [3.8, 4) is 0 Å². The van der Waals surface area contributed by atoms with Gasteiger partial charge >= 0.3 is 6.18 Å². The number of hydrogen-bond donors (Lipinski definition) is 1. The number of rotatable bonds is 7. The Morgan fingerprint density at radius 1 is 0.902 bits per heavy atom. The van der Waals surface area contributed by atoms with Gasteiger partial charge in [0.25, 0.3) is 5.91 Å². The monoisotopic (exact) mass is 582 g/mol. The molecule has 214 valence electrons. The topological polar surface area (TPSA) is 73.0 Å². The standard InChI is InChI=1S/C30H29F3N4O3S/c31-30(32,33)18-41-36-14-12-35(13-15-36)17-20-6-4-19(5-7-20)16-21-8-9-24-27-22(21)2-1-3-23(27)29(40)37(24)25-10-11-26(38)34-28(25)39/h1-9,25H,10-18H2,(H,34,38,39). The number of carbonyl (C=O) groups excluding carboxylic acids is 3. The Labute approximate surface area is 239 Å². The lowest BCUT2D eigenvalue weighted by Gasteiger charge is -2.34. The summed E-state index contributed by atoms with van der Waals surface area (Å²) >= 11 is 0.860. The number of piperidine rings is 1. The molecule has 41 heavy (non-hydrogen) atoms. The third-order valence-electron chi connectivity index (χ3n) is 7.91. The van der Waals surface area contributed by atoms with E-state index in [4.69, 9.17) is 0 Å². The molecule has 3 aromatic carbocycles. The number of nitrogens with zero attached hydrogens (tertiary/aromatic N) is 3. The van der Waals surface area contributed by atoms with E-state index < -0.39 is 23.9 Å². The molecule has 7 nitrogen and oxygen atoms in total. The van der Waals surface area contributed by atoms with Crippen LogP contribution in [0.3, 0.4) is 0 Å². The number of nitrogens with one attached hydrogen (secondary N) is 1. The maximum absolute atomic E-state index is 13.4. The first-order valence-corrected chi connectivity index (χ1v) is 14.6.